The minimum Gasteiger partial charge on any atom is -0.463 e. The largest absolute Gasteiger partial charge is 0.463 e. The van der Waals surface area contributed by atoms with Gasteiger partial charge < -0.3 is 9.47 Å². The van der Waals surface area contributed by atoms with Crippen LogP contribution in [0.5, 0.6) is 0 Å². The summed E-state index contributed by atoms with van der Waals surface area (Å²) >= 11 is 0. The average molecular weight is 265 g/mol. The lowest BCUT2D eigenvalue weighted by Crippen LogP contribution is -2.20. The Morgan fingerprint density at radius 2 is 1.89 bits per heavy atom. The zero-order valence-electron chi connectivity index (χ0n) is 11.4. The molecule has 1 aromatic rings. The molecule has 0 aliphatic heterocycles. The van der Waals surface area contributed by atoms with E-state index in [2.05, 4.69) is 10.1 Å². The number of hydrogen-bond acceptors (Lipinski definition) is 4. The van der Waals surface area contributed by atoms with Gasteiger partial charge in [-0.2, -0.15) is 0 Å². The molecule has 1 rings (SSSR count). The zero-order chi connectivity index (χ0) is 14.3. The van der Waals surface area contributed by atoms with Gasteiger partial charge in [-0.05, 0) is 24.5 Å². The Balaban J connectivity index is 2.55. The minimum absolute atomic E-state index is 0.264. The molecular weight excluding hydrogens is 246 g/mol. The highest BCUT2D eigenvalue weighted by Gasteiger charge is 2.11. The molecule has 0 heterocycles. The monoisotopic (exact) mass is 265 g/mol. The van der Waals surface area contributed by atoms with E-state index < -0.39 is 12.1 Å². The molecule has 1 N–H and O–H groups in total. The Morgan fingerprint density at radius 3 is 2.53 bits per heavy atom. The molecule has 1 aromatic carbocycles. The molecule has 0 bridgehead atoms. The lowest BCUT2D eigenvalue weighted by atomic mass is 10.0. The van der Waals surface area contributed by atoms with E-state index in [1.165, 1.54) is 0 Å². The van der Waals surface area contributed by atoms with Crippen molar-refractivity contribution < 1.29 is 19.1 Å². The summed E-state index contributed by atoms with van der Waals surface area (Å²) in [5, 5.41) is 2.62. The maximum absolute atomic E-state index is 11.6. The van der Waals surface area contributed by atoms with E-state index >= 15 is 0 Å². The number of amides is 1. The van der Waals surface area contributed by atoms with Crippen LogP contribution < -0.4 is 5.32 Å². The summed E-state index contributed by atoms with van der Waals surface area (Å²) in [7, 11) is 0. The highest BCUT2D eigenvalue weighted by atomic mass is 16.6. The van der Waals surface area contributed by atoms with Gasteiger partial charge in [0.25, 0.3) is 0 Å². The van der Waals surface area contributed by atoms with Crippen molar-refractivity contribution in [2.75, 3.05) is 18.5 Å². The molecule has 0 unspecified atom stereocenters. The van der Waals surface area contributed by atoms with E-state index in [9.17, 15) is 9.59 Å². The molecule has 0 radical (unpaired) electrons. The third kappa shape index (κ3) is 4.99. The summed E-state index contributed by atoms with van der Waals surface area (Å²) in [5.41, 5.74) is 1.70. The van der Waals surface area contributed by atoms with Crippen molar-refractivity contribution in [1.82, 2.24) is 0 Å². The van der Waals surface area contributed by atoms with Gasteiger partial charge in [0.1, 0.15) is 0 Å². The van der Waals surface area contributed by atoms with E-state index in [0.29, 0.717) is 5.69 Å². The quantitative estimate of drug-likeness (QED) is 0.831. The molecule has 0 aromatic heterocycles. The van der Waals surface area contributed by atoms with E-state index in [0.717, 1.165) is 5.56 Å². The van der Waals surface area contributed by atoms with Crippen LogP contribution in [0.1, 0.15) is 32.3 Å². The van der Waals surface area contributed by atoms with Gasteiger partial charge in [-0.1, -0.05) is 32.0 Å². The third-order valence-electron chi connectivity index (χ3n) is 2.45. The van der Waals surface area contributed by atoms with Crippen LogP contribution in [0.25, 0.3) is 0 Å². The Kier molecular flexibility index (Phi) is 5.85. The topological polar surface area (TPSA) is 64.6 Å². The predicted octanol–water partition coefficient (Wildman–Crippen LogP) is 2.92. The van der Waals surface area contributed by atoms with Gasteiger partial charge in [-0.15, -0.1) is 0 Å². The highest BCUT2D eigenvalue weighted by Crippen LogP contribution is 2.23. The van der Waals surface area contributed by atoms with Crippen LogP contribution in [-0.2, 0) is 14.3 Å². The summed E-state index contributed by atoms with van der Waals surface area (Å²) in [5.74, 6) is -0.281. The molecule has 19 heavy (non-hydrogen) atoms. The molecule has 0 fully saturated rings. The van der Waals surface area contributed by atoms with Gasteiger partial charge >= 0.3 is 12.1 Å². The Hall–Kier alpha value is -2.04. The van der Waals surface area contributed by atoms with Crippen LogP contribution in [-0.4, -0.2) is 25.3 Å². The lowest BCUT2D eigenvalue weighted by Gasteiger charge is -2.13. The summed E-state index contributed by atoms with van der Waals surface area (Å²) in [6.45, 7) is 5.63. The number of nitrogens with one attached hydrogen (secondary N) is 1. The minimum atomic E-state index is -0.666. The van der Waals surface area contributed by atoms with Gasteiger partial charge in [-0.25, -0.2) is 9.59 Å². The molecular formula is C14H19NO4. The van der Waals surface area contributed by atoms with Crippen molar-refractivity contribution >= 4 is 17.7 Å². The van der Waals surface area contributed by atoms with E-state index in [1.54, 1.807) is 13.0 Å². The summed E-state index contributed by atoms with van der Waals surface area (Å²) < 4.78 is 9.43. The first-order chi connectivity index (χ1) is 9.04. The molecule has 0 atom stereocenters. The number of para-hydroxylation sites is 1. The first kappa shape index (κ1) is 15.0. The Labute approximate surface area is 112 Å². The second kappa shape index (κ2) is 7.41. The van der Waals surface area contributed by atoms with Crippen LogP contribution in [0.4, 0.5) is 10.5 Å². The molecule has 5 heteroatoms. The summed E-state index contributed by atoms with van der Waals surface area (Å²) in [4.78, 5) is 22.6. The van der Waals surface area contributed by atoms with Gasteiger partial charge in [0.15, 0.2) is 6.61 Å². The van der Waals surface area contributed by atoms with Crippen molar-refractivity contribution in [2.24, 2.45) is 0 Å². The average Bonchev–Trinajstić information content (AvgIpc) is 2.37. The number of esters is 1. The number of rotatable bonds is 5. The van der Waals surface area contributed by atoms with Crippen molar-refractivity contribution in [3.63, 3.8) is 0 Å². The normalized spacial score (nSPS) is 10.1. The number of anilines is 1. The van der Waals surface area contributed by atoms with Crippen LogP contribution in [0, 0.1) is 0 Å². The van der Waals surface area contributed by atoms with E-state index in [-0.39, 0.29) is 19.1 Å². The first-order valence-corrected chi connectivity index (χ1v) is 6.23. The molecule has 104 valence electrons. The number of hydrogen-bond donors (Lipinski definition) is 1. The van der Waals surface area contributed by atoms with Gasteiger partial charge in [0.2, 0.25) is 0 Å². The van der Waals surface area contributed by atoms with Gasteiger partial charge in [0.05, 0.1) is 6.61 Å². The molecule has 0 saturated heterocycles. The summed E-state index contributed by atoms with van der Waals surface area (Å²) in [6.07, 6.45) is -0.666. The van der Waals surface area contributed by atoms with Crippen LogP contribution in [0.3, 0.4) is 0 Å². The molecule has 1 amide bonds. The number of ether oxygens (including phenoxy) is 2. The Bertz CT molecular complexity index is 443. The Morgan fingerprint density at radius 1 is 1.21 bits per heavy atom. The van der Waals surface area contributed by atoms with Gasteiger partial charge in [-0.3, -0.25) is 5.32 Å². The maximum Gasteiger partial charge on any atom is 0.412 e. The fraction of sp³-hybridized carbons (Fsp3) is 0.429. The van der Waals surface area contributed by atoms with Crippen molar-refractivity contribution in [2.45, 2.75) is 26.7 Å². The van der Waals surface area contributed by atoms with Crippen molar-refractivity contribution in [3.8, 4) is 0 Å². The van der Waals surface area contributed by atoms with Crippen LogP contribution in [0.2, 0.25) is 0 Å². The maximum atomic E-state index is 11.6. The second-order valence-electron chi connectivity index (χ2n) is 4.25. The van der Waals surface area contributed by atoms with E-state index in [4.69, 9.17) is 4.74 Å². The highest BCUT2D eigenvalue weighted by molar-refractivity contribution is 5.87. The van der Waals surface area contributed by atoms with Gasteiger partial charge in [0, 0.05) is 5.69 Å². The predicted molar refractivity (Wildman–Crippen MR) is 72.1 cm³/mol. The van der Waals surface area contributed by atoms with Crippen LogP contribution >= 0.6 is 0 Å². The number of benzene rings is 1. The zero-order valence-corrected chi connectivity index (χ0v) is 11.4. The molecule has 5 nitrogen and oxygen atoms in total. The second-order valence-corrected chi connectivity index (χ2v) is 4.25. The third-order valence-corrected chi connectivity index (χ3v) is 2.45. The number of carbonyl (C=O) groups is 2. The molecule has 0 spiro atoms. The van der Waals surface area contributed by atoms with Crippen molar-refractivity contribution in [1.29, 1.82) is 0 Å². The fourth-order valence-corrected chi connectivity index (χ4v) is 1.59. The molecule has 0 saturated carbocycles. The SMILES string of the molecule is CCOC(=O)COC(=O)Nc1ccccc1C(C)C. The lowest BCUT2D eigenvalue weighted by molar-refractivity contribution is -0.146. The van der Waals surface area contributed by atoms with Crippen molar-refractivity contribution in [3.05, 3.63) is 29.8 Å². The van der Waals surface area contributed by atoms with Crippen LogP contribution in [0.15, 0.2) is 24.3 Å². The fourth-order valence-electron chi connectivity index (χ4n) is 1.59. The first-order valence-electron chi connectivity index (χ1n) is 6.23. The smallest absolute Gasteiger partial charge is 0.412 e. The molecule has 0 aliphatic carbocycles. The standard InChI is InChI=1S/C14H19NO4/c1-4-18-13(16)9-19-14(17)15-12-8-6-5-7-11(12)10(2)3/h5-8,10H,4,9H2,1-3H3,(H,15,17). The summed E-state index contributed by atoms with van der Waals surface area (Å²) in [6, 6.07) is 7.46. The molecule has 0 aliphatic rings. The van der Waals surface area contributed by atoms with E-state index in [1.807, 2.05) is 32.0 Å². The number of carbonyl (C=O) groups excluding carboxylic acids is 2.